The maximum Gasteiger partial charge on any atom is 0.225 e. The lowest BCUT2D eigenvalue weighted by Gasteiger charge is -2.36. The van der Waals surface area contributed by atoms with Gasteiger partial charge in [-0.05, 0) is 51.8 Å². The number of hydrogen-bond acceptors (Lipinski definition) is 4. The zero-order valence-electron chi connectivity index (χ0n) is 11.2. The quantitative estimate of drug-likeness (QED) is 0.797. The Kier molecular flexibility index (Phi) is 3.46. The van der Waals surface area contributed by atoms with E-state index in [1.807, 2.05) is 19.2 Å². The van der Waals surface area contributed by atoms with E-state index in [0.29, 0.717) is 0 Å². The van der Waals surface area contributed by atoms with Gasteiger partial charge in [0.05, 0.1) is 0 Å². The summed E-state index contributed by atoms with van der Waals surface area (Å²) < 4.78 is 0. The summed E-state index contributed by atoms with van der Waals surface area (Å²) in [4.78, 5) is 13.9. The van der Waals surface area contributed by atoms with Crippen LogP contribution in [0.2, 0.25) is 0 Å². The largest absolute Gasteiger partial charge is 0.341 e. The van der Waals surface area contributed by atoms with Crippen molar-refractivity contribution < 1.29 is 0 Å². The molecule has 0 N–H and O–H groups in total. The van der Waals surface area contributed by atoms with Crippen LogP contribution >= 0.6 is 0 Å². The lowest BCUT2D eigenvalue weighted by Crippen LogP contribution is -2.44. The zero-order valence-corrected chi connectivity index (χ0v) is 11.2. The molecular weight excluding hydrogens is 224 g/mol. The van der Waals surface area contributed by atoms with E-state index < -0.39 is 0 Å². The van der Waals surface area contributed by atoms with Crippen molar-refractivity contribution in [3.05, 3.63) is 18.0 Å². The summed E-state index contributed by atoms with van der Waals surface area (Å²) in [6.45, 7) is 6.86. The van der Waals surface area contributed by atoms with Crippen molar-refractivity contribution in [2.45, 2.75) is 38.6 Å². The molecule has 0 unspecified atom stereocenters. The van der Waals surface area contributed by atoms with E-state index >= 15 is 0 Å². The topological polar surface area (TPSA) is 32.3 Å². The van der Waals surface area contributed by atoms with Crippen LogP contribution in [0.5, 0.6) is 0 Å². The summed E-state index contributed by atoms with van der Waals surface area (Å²) in [6.07, 6.45) is 7.17. The monoisotopic (exact) mass is 246 g/mol. The van der Waals surface area contributed by atoms with Crippen molar-refractivity contribution >= 4 is 5.95 Å². The Morgan fingerprint density at radius 2 is 1.83 bits per heavy atom. The molecular formula is C14H22N4. The predicted octanol–water partition coefficient (Wildman–Crippen LogP) is 1.85. The molecule has 1 aromatic heterocycles. The van der Waals surface area contributed by atoms with E-state index in [0.717, 1.165) is 30.8 Å². The van der Waals surface area contributed by atoms with Crippen LogP contribution in [0.15, 0.2) is 12.3 Å². The second kappa shape index (κ2) is 5.22. The van der Waals surface area contributed by atoms with Crippen molar-refractivity contribution in [1.82, 2.24) is 14.9 Å². The fourth-order valence-corrected chi connectivity index (χ4v) is 3.13. The summed E-state index contributed by atoms with van der Waals surface area (Å²) >= 11 is 0. The molecule has 4 nitrogen and oxygen atoms in total. The minimum atomic E-state index is 0.800. The SMILES string of the molecule is Cc1ccnc(N2CCC(N3CCCC3)CC2)n1. The van der Waals surface area contributed by atoms with E-state index in [-0.39, 0.29) is 0 Å². The molecule has 0 amide bonds. The van der Waals surface area contributed by atoms with Crippen molar-refractivity contribution in [2.24, 2.45) is 0 Å². The molecule has 0 spiro atoms. The fourth-order valence-electron chi connectivity index (χ4n) is 3.13. The summed E-state index contributed by atoms with van der Waals surface area (Å²) in [7, 11) is 0. The van der Waals surface area contributed by atoms with Gasteiger partial charge in [0.15, 0.2) is 0 Å². The molecule has 2 saturated heterocycles. The Bertz CT molecular complexity index is 393. The Morgan fingerprint density at radius 3 is 2.50 bits per heavy atom. The summed E-state index contributed by atoms with van der Waals surface area (Å²) in [6, 6.07) is 2.76. The van der Waals surface area contributed by atoms with Gasteiger partial charge in [-0.1, -0.05) is 0 Å². The van der Waals surface area contributed by atoms with Crippen molar-refractivity contribution in [3.8, 4) is 0 Å². The van der Waals surface area contributed by atoms with Crippen LogP contribution in [0, 0.1) is 6.92 Å². The molecule has 2 aliphatic heterocycles. The van der Waals surface area contributed by atoms with Gasteiger partial charge in [0.25, 0.3) is 0 Å². The Labute approximate surface area is 109 Å². The molecule has 0 bridgehead atoms. The van der Waals surface area contributed by atoms with E-state index in [1.165, 1.54) is 38.8 Å². The van der Waals surface area contributed by atoms with Crippen LogP contribution in [0.4, 0.5) is 5.95 Å². The van der Waals surface area contributed by atoms with Crippen molar-refractivity contribution in [3.63, 3.8) is 0 Å². The smallest absolute Gasteiger partial charge is 0.225 e. The second-order valence-corrected chi connectivity index (χ2v) is 5.46. The number of hydrogen-bond donors (Lipinski definition) is 0. The minimum absolute atomic E-state index is 0.800. The lowest BCUT2D eigenvalue weighted by molar-refractivity contribution is 0.207. The van der Waals surface area contributed by atoms with Crippen LogP contribution in [-0.4, -0.2) is 47.1 Å². The summed E-state index contributed by atoms with van der Waals surface area (Å²) in [5, 5.41) is 0. The van der Waals surface area contributed by atoms with Crippen LogP contribution in [-0.2, 0) is 0 Å². The molecule has 3 rings (SSSR count). The first kappa shape index (κ1) is 11.9. The van der Waals surface area contributed by atoms with Gasteiger partial charge < -0.3 is 9.80 Å². The fraction of sp³-hybridized carbons (Fsp3) is 0.714. The predicted molar refractivity (Wildman–Crippen MR) is 72.8 cm³/mol. The van der Waals surface area contributed by atoms with E-state index in [2.05, 4.69) is 19.8 Å². The third kappa shape index (κ3) is 2.48. The number of piperidine rings is 1. The van der Waals surface area contributed by atoms with Crippen LogP contribution in [0.25, 0.3) is 0 Å². The van der Waals surface area contributed by atoms with Gasteiger partial charge in [-0.2, -0.15) is 0 Å². The van der Waals surface area contributed by atoms with E-state index in [1.54, 1.807) is 0 Å². The molecule has 0 atom stereocenters. The Hall–Kier alpha value is -1.16. The highest BCUT2D eigenvalue weighted by molar-refractivity contribution is 5.30. The average Bonchev–Trinajstić information content (AvgIpc) is 2.93. The highest BCUT2D eigenvalue weighted by Gasteiger charge is 2.27. The minimum Gasteiger partial charge on any atom is -0.341 e. The third-order valence-electron chi connectivity index (χ3n) is 4.19. The molecule has 3 heterocycles. The van der Waals surface area contributed by atoms with Gasteiger partial charge in [-0.3, -0.25) is 0 Å². The highest BCUT2D eigenvalue weighted by Crippen LogP contribution is 2.22. The molecule has 0 radical (unpaired) electrons. The van der Waals surface area contributed by atoms with Crippen LogP contribution < -0.4 is 4.90 Å². The second-order valence-electron chi connectivity index (χ2n) is 5.46. The van der Waals surface area contributed by atoms with Crippen LogP contribution in [0.1, 0.15) is 31.4 Å². The lowest BCUT2D eigenvalue weighted by atomic mass is 10.0. The molecule has 2 aliphatic rings. The van der Waals surface area contributed by atoms with Gasteiger partial charge in [0.2, 0.25) is 5.95 Å². The molecule has 0 saturated carbocycles. The highest BCUT2D eigenvalue weighted by atomic mass is 15.3. The molecule has 98 valence electrons. The average molecular weight is 246 g/mol. The van der Waals surface area contributed by atoms with Gasteiger partial charge in [-0.15, -0.1) is 0 Å². The van der Waals surface area contributed by atoms with E-state index in [4.69, 9.17) is 0 Å². The zero-order chi connectivity index (χ0) is 12.4. The number of likely N-dealkylation sites (tertiary alicyclic amines) is 1. The first-order valence-electron chi connectivity index (χ1n) is 7.11. The van der Waals surface area contributed by atoms with Gasteiger partial charge in [0, 0.05) is 31.0 Å². The Balaban J connectivity index is 1.59. The van der Waals surface area contributed by atoms with Gasteiger partial charge in [0.1, 0.15) is 0 Å². The first-order valence-corrected chi connectivity index (χ1v) is 7.11. The number of nitrogens with zero attached hydrogens (tertiary/aromatic N) is 4. The van der Waals surface area contributed by atoms with E-state index in [9.17, 15) is 0 Å². The number of aryl methyl sites for hydroxylation is 1. The van der Waals surface area contributed by atoms with Crippen molar-refractivity contribution in [1.29, 1.82) is 0 Å². The molecule has 1 aromatic rings. The first-order chi connectivity index (χ1) is 8.83. The molecule has 0 aliphatic carbocycles. The molecule has 18 heavy (non-hydrogen) atoms. The molecule has 2 fully saturated rings. The number of aromatic nitrogens is 2. The Morgan fingerprint density at radius 1 is 1.11 bits per heavy atom. The molecule has 0 aromatic carbocycles. The van der Waals surface area contributed by atoms with Crippen LogP contribution in [0.3, 0.4) is 0 Å². The normalized spacial score (nSPS) is 22.6. The van der Waals surface area contributed by atoms with Gasteiger partial charge >= 0.3 is 0 Å². The number of rotatable bonds is 2. The standard InChI is InChI=1S/C14H22N4/c1-12-4-7-15-14(16-12)18-10-5-13(6-11-18)17-8-2-3-9-17/h4,7,13H,2-3,5-6,8-11H2,1H3. The maximum atomic E-state index is 4.52. The number of anilines is 1. The third-order valence-corrected chi connectivity index (χ3v) is 4.19. The van der Waals surface area contributed by atoms with Crippen molar-refractivity contribution in [2.75, 3.05) is 31.1 Å². The molecule has 4 heteroatoms. The van der Waals surface area contributed by atoms with Gasteiger partial charge in [-0.25, -0.2) is 9.97 Å². The summed E-state index contributed by atoms with van der Waals surface area (Å²) in [5.74, 6) is 0.912. The summed E-state index contributed by atoms with van der Waals surface area (Å²) in [5.41, 5.74) is 1.06. The maximum absolute atomic E-state index is 4.52.